The maximum atomic E-state index is 12.8. The van der Waals surface area contributed by atoms with Crippen molar-refractivity contribution in [2.75, 3.05) is 39.3 Å². The fourth-order valence-electron chi connectivity index (χ4n) is 3.49. The molecule has 0 saturated carbocycles. The maximum Gasteiger partial charge on any atom is 0.409 e. The van der Waals surface area contributed by atoms with Crippen LogP contribution in [-0.2, 0) is 9.53 Å². The van der Waals surface area contributed by atoms with Crippen molar-refractivity contribution >= 4 is 12.0 Å². The Morgan fingerprint density at radius 3 is 2.14 bits per heavy atom. The Kier molecular flexibility index (Phi) is 7.25. The molecule has 0 unspecified atom stereocenters. The van der Waals surface area contributed by atoms with Crippen LogP contribution >= 0.6 is 0 Å². The number of aryl methyl sites for hydroxylation is 1. The summed E-state index contributed by atoms with van der Waals surface area (Å²) >= 11 is 0. The lowest BCUT2D eigenvalue weighted by Crippen LogP contribution is -2.52. The van der Waals surface area contributed by atoms with Gasteiger partial charge in [-0.2, -0.15) is 0 Å². The molecule has 154 valence electrons. The number of nitrogens with zero attached hydrogens (tertiary/aromatic N) is 2. The molecule has 6 nitrogen and oxygen atoms in total. The molecule has 0 spiro atoms. The number of hydrogen-bond acceptors (Lipinski definition) is 4. The average Bonchev–Trinajstić information content (AvgIpc) is 2.76. The van der Waals surface area contributed by atoms with E-state index in [-0.39, 0.29) is 24.6 Å². The number of hydrogen-bond donors (Lipinski definition) is 1. The molecule has 1 heterocycles. The van der Waals surface area contributed by atoms with Crippen LogP contribution in [0.3, 0.4) is 0 Å². The highest BCUT2D eigenvalue weighted by Gasteiger charge is 2.25. The summed E-state index contributed by atoms with van der Waals surface area (Å²) in [6.07, 6.45) is -0.304. The molecular weight excluding hydrogens is 366 g/mol. The molecule has 2 amide bonds. The van der Waals surface area contributed by atoms with Crippen molar-refractivity contribution in [2.24, 2.45) is 0 Å². The molecule has 1 atom stereocenters. The standard InChI is InChI=1S/C23H29N3O3/c1-3-29-23(28)26-15-13-25(14-16-26)21(27)17-24-22(19-7-5-4-6-8-19)20-11-9-18(2)10-12-20/h4-12,22,24H,3,13-17H2,1-2H3/t22-/m0/s1. The molecule has 1 saturated heterocycles. The molecule has 1 aliphatic rings. The molecule has 6 heteroatoms. The van der Waals surface area contributed by atoms with Crippen LogP contribution < -0.4 is 5.32 Å². The third kappa shape index (κ3) is 5.57. The summed E-state index contributed by atoms with van der Waals surface area (Å²) in [6, 6.07) is 18.5. The number of carbonyl (C=O) groups is 2. The van der Waals surface area contributed by atoms with Crippen molar-refractivity contribution in [2.45, 2.75) is 19.9 Å². The molecule has 0 aliphatic carbocycles. The van der Waals surface area contributed by atoms with Crippen LogP contribution in [0.15, 0.2) is 54.6 Å². The Morgan fingerprint density at radius 1 is 0.931 bits per heavy atom. The maximum absolute atomic E-state index is 12.8. The van der Waals surface area contributed by atoms with E-state index >= 15 is 0 Å². The number of rotatable bonds is 6. The van der Waals surface area contributed by atoms with Crippen LogP contribution in [0.2, 0.25) is 0 Å². The van der Waals surface area contributed by atoms with Gasteiger partial charge in [0.05, 0.1) is 19.2 Å². The van der Waals surface area contributed by atoms with E-state index < -0.39 is 0 Å². The first-order valence-corrected chi connectivity index (χ1v) is 10.1. The van der Waals surface area contributed by atoms with Crippen LogP contribution in [0.25, 0.3) is 0 Å². The molecule has 29 heavy (non-hydrogen) atoms. The van der Waals surface area contributed by atoms with Gasteiger partial charge in [0.25, 0.3) is 0 Å². The first-order valence-electron chi connectivity index (χ1n) is 10.1. The number of nitrogens with one attached hydrogen (secondary N) is 1. The van der Waals surface area contributed by atoms with E-state index in [0.717, 1.165) is 11.1 Å². The minimum atomic E-state index is -0.304. The molecule has 1 N–H and O–H groups in total. The highest BCUT2D eigenvalue weighted by Crippen LogP contribution is 2.22. The second-order valence-electron chi connectivity index (χ2n) is 7.20. The summed E-state index contributed by atoms with van der Waals surface area (Å²) in [6.45, 7) is 6.53. The van der Waals surface area contributed by atoms with E-state index in [4.69, 9.17) is 4.74 Å². The van der Waals surface area contributed by atoms with E-state index in [1.165, 1.54) is 5.56 Å². The molecular formula is C23H29N3O3. The molecule has 3 rings (SSSR count). The average molecular weight is 396 g/mol. The van der Waals surface area contributed by atoms with Crippen molar-refractivity contribution in [1.29, 1.82) is 0 Å². The van der Waals surface area contributed by atoms with Crippen LogP contribution in [0.1, 0.15) is 29.7 Å². The lowest BCUT2D eigenvalue weighted by atomic mass is 9.98. The first-order chi connectivity index (χ1) is 14.1. The molecule has 0 bridgehead atoms. The van der Waals surface area contributed by atoms with E-state index in [1.54, 1.807) is 16.7 Å². The Hall–Kier alpha value is -2.86. The lowest BCUT2D eigenvalue weighted by Gasteiger charge is -2.34. The minimum absolute atomic E-state index is 0.0431. The lowest BCUT2D eigenvalue weighted by molar-refractivity contribution is -0.131. The fraction of sp³-hybridized carbons (Fsp3) is 0.391. The Balaban J connectivity index is 1.60. The number of ether oxygens (including phenoxy) is 1. The van der Waals surface area contributed by atoms with Crippen molar-refractivity contribution in [3.63, 3.8) is 0 Å². The molecule has 0 radical (unpaired) electrons. The number of benzene rings is 2. The van der Waals surface area contributed by atoms with Gasteiger partial charge in [0, 0.05) is 26.2 Å². The van der Waals surface area contributed by atoms with Crippen LogP contribution in [0, 0.1) is 6.92 Å². The Morgan fingerprint density at radius 2 is 1.52 bits per heavy atom. The molecule has 1 fully saturated rings. The Labute approximate surface area is 172 Å². The van der Waals surface area contributed by atoms with Crippen molar-refractivity contribution in [1.82, 2.24) is 15.1 Å². The highest BCUT2D eigenvalue weighted by atomic mass is 16.6. The van der Waals surface area contributed by atoms with Gasteiger partial charge in [0.15, 0.2) is 0 Å². The SMILES string of the molecule is CCOC(=O)N1CCN(C(=O)CN[C@@H](c2ccccc2)c2ccc(C)cc2)CC1. The predicted octanol–water partition coefficient (Wildman–Crippen LogP) is 2.97. The number of piperazine rings is 1. The predicted molar refractivity (Wildman–Crippen MR) is 113 cm³/mol. The van der Waals surface area contributed by atoms with Crippen molar-refractivity contribution < 1.29 is 14.3 Å². The van der Waals surface area contributed by atoms with Crippen LogP contribution in [0.4, 0.5) is 4.79 Å². The largest absolute Gasteiger partial charge is 0.450 e. The van der Waals surface area contributed by atoms with Crippen molar-refractivity contribution in [3.05, 3.63) is 71.3 Å². The third-order valence-corrected chi connectivity index (χ3v) is 5.16. The van der Waals surface area contributed by atoms with E-state index in [9.17, 15) is 9.59 Å². The molecule has 2 aromatic rings. The summed E-state index contributed by atoms with van der Waals surface area (Å²) in [5.41, 5.74) is 3.45. The number of carbonyl (C=O) groups excluding carboxylic acids is 2. The van der Waals surface area contributed by atoms with Crippen LogP contribution in [0.5, 0.6) is 0 Å². The van der Waals surface area contributed by atoms with Gasteiger partial charge in [-0.3, -0.25) is 10.1 Å². The number of amides is 2. The monoisotopic (exact) mass is 395 g/mol. The van der Waals surface area contributed by atoms with E-state index in [0.29, 0.717) is 32.8 Å². The second kappa shape index (κ2) is 10.1. The summed E-state index contributed by atoms with van der Waals surface area (Å²) in [5, 5.41) is 3.43. The van der Waals surface area contributed by atoms with Gasteiger partial charge in [-0.05, 0) is 25.0 Å². The van der Waals surface area contributed by atoms with Gasteiger partial charge in [-0.25, -0.2) is 4.79 Å². The smallest absolute Gasteiger partial charge is 0.409 e. The van der Waals surface area contributed by atoms with Gasteiger partial charge in [-0.15, -0.1) is 0 Å². The molecule has 0 aromatic heterocycles. The fourth-order valence-corrected chi connectivity index (χ4v) is 3.49. The molecule has 2 aromatic carbocycles. The summed E-state index contributed by atoms with van der Waals surface area (Å²) < 4.78 is 5.03. The minimum Gasteiger partial charge on any atom is -0.450 e. The zero-order chi connectivity index (χ0) is 20.6. The molecule has 1 aliphatic heterocycles. The zero-order valence-electron chi connectivity index (χ0n) is 17.1. The van der Waals surface area contributed by atoms with Crippen LogP contribution in [-0.4, -0.2) is 61.1 Å². The summed E-state index contributed by atoms with van der Waals surface area (Å²) in [4.78, 5) is 28.0. The van der Waals surface area contributed by atoms with Gasteiger partial charge < -0.3 is 14.5 Å². The first kappa shape index (κ1) is 20.9. The van der Waals surface area contributed by atoms with Gasteiger partial charge in [0.2, 0.25) is 5.91 Å². The van der Waals surface area contributed by atoms with Crippen molar-refractivity contribution in [3.8, 4) is 0 Å². The highest BCUT2D eigenvalue weighted by molar-refractivity contribution is 5.79. The van der Waals surface area contributed by atoms with Gasteiger partial charge >= 0.3 is 6.09 Å². The van der Waals surface area contributed by atoms with Gasteiger partial charge in [-0.1, -0.05) is 60.2 Å². The third-order valence-electron chi connectivity index (χ3n) is 5.16. The van der Waals surface area contributed by atoms with Gasteiger partial charge in [0.1, 0.15) is 0 Å². The quantitative estimate of drug-likeness (QED) is 0.817. The van der Waals surface area contributed by atoms with E-state index in [2.05, 4.69) is 48.6 Å². The second-order valence-corrected chi connectivity index (χ2v) is 7.20. The summed E-state index contributed by atoms with van der Waals surface area (Å²) in [5.74, 6) is 0.0431. The normalized spacial score (nSPS) is 15.1. The topological polar surface area (TPSA) is 61.9 Å². The van der Waals surface area contributed by atoms with E-state index in [1.807, 2.05) is 18.2 Å². The zero-order valence-corrected chi connectivity index (χ0v) is 17.1. The Bertz CT molecular complexity index is 800. The summed E-state index contributed by atoms with van der Waals surface area (Å²) in [7, 11) is 0.